The number of ether oxygens (including phenoxy) is 3. The average molecular weight is 763 g/mol. The normalized spacial score (nSPS) is 18.5. The number of hydrogen-bond donors (Lipinski definition) is 3. The van der Waals surface area contributed by atoms with Gasteiger partial charge >= 0.3 is 6.03 Å². The number of amides is 2. The second-order valence-electron chi connectivity index (χ2n) is 14.3. The fourth-order valence-corrected chi connectivity index (χ4v) is 7.19. The summed E-state index contributed by atoms with van der Waals surface area (Å²) in [5.74, 6) is 2.21. The van der Waals surface area contributed by atoms with Gasteiger partial charge in [-0.3, -0.25) is 4.90 Å². The molecule has 2 aliphatic heterocycles. The van der Waals surface area contributed by atoms with Crippen LogP contribution in [-0.2, 0) is 22.6 Å². The first kappa shape index (κ1) is 37.8. The average Bonchev–Trinajstić information content (AvgIpc) is 3.27. The summed E-state index contributed by atoms with van der Waals surface area (Å²) in [6.45, 7) is 4.67. The van der Waals surface area contributed by atoms with Gasteiger partial charge in [-0.2, -0.15) is 0 Å². The van der Waals surface area contributed by atoms with Gasteiger partial charge in [0.2, 0.25) is 5.95 Å². The summed E-state index contributed by atoms with van der Waals surface area (Å²) in [6.07, 6.45) is 3.56. The summed E-state index contributed by atoms with van der Waals surface area (Å²) < 4.78 is 19.2. The number of aromatic nitrogens is 2. The first-order valence-electron chi connectivity index (χ1n) is 19.4. The molecule has 0 unspecified atom stereocenters. The number of piperazine rings is 1. The van der Waals surface area contributed by atoms with Crippen molar-refractivity contribution in [1.82, 2.24) is 20.2 Å². The zero-order valence-corrected chi connectivity index (χ0v) is 31.6. The van der Waals surface area contributed by atoms with Gasteiger partial charge in [0, 0.05) is 69.3 Å². The van der Waals surface area contributed by atoms with Gasteiger partial charge in [-0.05, 0) is 76.3 Å². The lowest BCUT2D eigenvalue weighted by atomic mass is 9.99. The van der Waals surface area contributed by atoms with Gasteiger partial charge < -0.3 is 34.9 Å². The van der Waals surface area contributed by atoms with Gasteiger partial charge in [0.25, 0.3) is 0 Å². The number of nitrogens with one attached hydrogen (secondary N) is 2. The molecule has 0 radical (unpaired) electrons. The van der Waals surface area contributed by atoms with E-state index in [2.05, 4.69) is 66.8 Å². The van der Waals surface area contributed by atoms with Crippen molar-refractivity contribution in [2.75, 3.05) is 42.9 Å². The maximum absolute atomic E-state index is 12.8. The topological polar surface area (TPSA) is 121 Å². The highest BCUT2D eigenvalue weighted by atomic mass is 16.7. The van der Waals surface area contributed by atoms with Gasteiger partial charge in [-0.1, -0.05) is 84.9 Å². The molecule has 11 nitrogen and oxygen atoms in total. The molecule has 2 saturated heterocycles. The maximum atomic E-state index is 12.8. The quantitative estimate of drug-likeness (QED) is 0.114. The summed E-state index contributed by atoms with van der Waals surface area (Å²) in [7, 11) is 0. The van der Waals surface area contributed by atoms with Gasteiger partial charge in [0.05, 0.1) is 18.8 Å². The van der Waals surface area contributed by atoms with Crippen LogP contribution in [0.1, 0.15) is 41.1 Å². The summed E-state index contributed by atoms with van der Waals surface area (Å²) in [4.78, 5) is 26.3. The predicted molar refractivity (Wildman–Crippen MR) is 220 cm³/mol. The fourth-order valence-electron chi connectivity index (χ4n) is 7.19. The Morgan fingerprint density at radius 2 is 1.44 bits per heavy atom. The zero-order valence-electron chi connectivity index (χ0n) is 31.6. The van der Waals surface area contributed by atoms with Crippen LogP contribution in [0.25, 0.3) is 11.1 Å². The number of anilines is 2. The number of carbonyl (C=O) groups excluding carboxylic acids is 1. The maximum Gasteiger partial charge on any atom is 0.319 e. The standard InChI is InChI=1S/C46H46N6O5/c53-32-33-10-12-36(13-11-33)43-29-42(31-51-24-26-52(27-25-51)45-47-22-5-23-48-45)56-44(57-43)37-16-14-35(15-17-37)38-7-4-6-34(28-38)30-49-46(54)50-39-18-20-41(21-19-39)55-40-8-2-1-3-9-40/h1-23,28,42-44,53H,24-27,29-32H2,(H2,49,50,54)/t42-,43+,44+/m0/s1. The largest absolute Gasteiger partial charge is 0.457 e. The van der Waals surface area contributed by atoms with Crippen molar-refractivity contribution in [3.63, 3.8) is 0 Å². The first-order chi connectivity index (χ1) is 28.0. The lowest BCUT2D eigenvalue weighted by Crippen LogP contribution is -2.50. The van der Waals surface area contributed by atoms with Crippen molar-refractivity contribution in [3.05, 3.63) is 168 Å². The lowest BCUT2D eigenvalue weighted by molar-refractivity contribution is -0.253. The Hall–Kier alpha value is -6.11. The van der Waals surface area contributed by atoms with E-state index in [0.29, 0.717) is 18.0 Å². The zero-order chi connectivity index (χ0) is 38.8. The van der Waals surface area contributed by atoms with Crippen LogP contribution in [0, 0.1) is 0 Å². The first-order valence-corrected chi connectivity index (χ1v) is 19.4. The molecule has 5 aromatic carbocycles. The van der Waals surface area contributed by atoms with Gasteiger partial charge in [-0.15, -0.1) is 0 Å². The molecule has 1 aromatic heterocycles. The molecule has 8 rings (SSSR count). The Morgan fingerprint density at radius 3 is 2.18 bits per heavy atom. The second kappa shape index (κ2) is 18.2. The minimum atomic E-state index is -0.541. The number of para-hydroxylation sites is 1. The Bertz CT molecular complexity index is 2180. The monoisotopic (exact) mass is 762 g/mol. The molecule has 290 valence electrons. The Labute approximate surface area is 332 Å². The van der Waals surface area contributed by atoms with Crippen molar-refractivity contribution in [2.45, 2.75) is 38.1 Å². The third kappa shape index (κ3) is 10.0. The number of aliphatic hydroxyl groups excluding tert-OH is 1. The highest BCUT2D eigenvalue weighted by molar-refractivity contribution is 5.89. The molecule has 6 aromatic rings. The number of carbonyl (C=O) groups is 1. The molecule has 2 amide bonds. The Morgan fingerprint density at radius 1 is 0.719 bits per heavy atom. The van der Waals surface area contributed by atoms with E-state index in [9.17, 15) is 9.90 Å². The summed E-state index contributed by atoms with van der Waals surface area (Å²) in [5.41, 5.74) is 6.62. The molecule has 0 spiro atoms. The molecular weight excluding hydrogens is 717 g/mol. The molecule has 0 saturated carbocycles. The smallest absolute Gasteiger partial charge is 0.319 e. The van der Waals surface area contributed by atoms with E-state index in [-0.39, 0.29) is 24.8 Å². The SMILES string of the molecule is O=C(NCc1cccc(-c2ccc([C@@H]3O[C@H](CN4CCN(c5ncccn5)CC4)C[C@H](c4ccc(CO)cc4)O3)cc2)c1)Nc1ccc(Oc2ccccc2)cc1. The molecule has 3 atom stereocenters. The number of aliphatic hydroxyl groups is 1. The van der Waals surface area contributed by atoms with E-state index in [1.807, 2.05) is 97.1 Å². The number of rotatable bonds is 12. The molecule has 3 heterocycles. The molecule has 0 aliphatic carbocycles. The Balaban J connectivity index is 0.884. The van der Waals surface area contributed by atoms with Crippen LogP contribution in [0.5, 0.6) is 11.5 Å². The van der Waals surface area contributed by atoms with Crippen molar-refractivity contribution < 1.29 is 24.1 Å². The van der Waals surface area contributed by atoms with Crippen LogP contribution in [-0.4, -0.2) is 64.8 Å². The fraction of sp³-hybridized carbons (Fsp3) is 0.239. The van der Waals surface area contributed by atoms with Crippen LogP contribution in [0.3, 0.4) is 0 Å². The van der Waals surface area contributed by atoms with Gasteiger partial charge in [-0.25, -0.2) is 14.8 Å². The van der Waals surface area contributed by atoms with Crippen molar-refractivity contribution in [3.8, 4) is 22.6 Å². The van der Waals surface area contributed by atoms with E-state index < -0.39 is 6.29 Å². The molecule has 2 aliphatic rings. The highest BCUT2D eigenvalue weighted by Gasteiger charge is 2.34. The minimum absolute atomic E-state index is 0.00285. The minimum Gasteiger partial charge on any atom is -0.457 e. The van der Waals surface area contributed by atoms with Crippen LogP contribution in [0.4, 0.5) is 16.4 Å². The van der Waals surface area contributed by atoms with Gasteiger partial charge in [0.1, 0.15) is 11.5 Å². The van der Waals surface area contributed by atoms with Crippen molar-refractivity contribution in [2.24, 2.45) is 0 Å². The van der Waals surface area contributed by atoms with Crippen LogP contribution < -0.4 is 20.3 Å². The number of nitrogens with zero attached hydrogens (tertiary/aromatic N) is 4. The third-order valence-corrected chi connectivity index (χ3v) is 10.3. The number of benzene rings is 5. The van der Waals surface area contributed by atoms with Crippen LogP contribution in [0.2, 0.25) is 0 Å². The third-order valence-electron chi connectivity index (χ3n) is 10.3. The molecule has 3 N–H and O–H groups in total. The summed E-state index contributed by atoms with van der Waals surface area (Å²) >= 11 is 0. The lowest BCUT2D eigenvalue weighted by Gasteiger charge is -2.40. The van der Waals surface area contributed by atoms with Crippen molar-refractivity contribution in [1.29, 1.82) is 0 Å². The predicted octanol–water partition coefficient (Wildman–Crippen LogP) is 8.12. The van der Waals surface area contributed by atoms with E-state index in [1.165, 1.54) is 0 Å². The molecule has 2 fully saturated rings. The summed E-state index contributed by atoms with van der Waals surface area (Å²) in [6, 6.07) is 42.9. The van der Waals surface area contributed by atoms with Crippen LogP contribution >= 0.6 is 0 Å². The van der Waals surface area contributed by atoms with Gasteiger partial charge in [0.15, 0.2) is 6.29 Å². The van der Waals surface area contributed by atoms with E-state index in [1.54, 1.807) is 12.4 Å². The van der Waals surface area contributed by atoms with Crippen molar-refractivity contribution >= 4 is 17.7 Å². The van der Waals surface area contributed by atoms with E-state index in [0.717, 1.165) is 84.2 Å². The van der Waals surface area contributed by atoms with E-state index >= 15 is 0 Å². The Kier molecular flexibility index (Phi) is 12.1. The van der Waals surface area contributed by atoms with Crippen LogP contribution in [0.15, 0.2) is 146 Å². The molecular formula is C46H46N6O5. The molecule has 0 bridgehead atoms. The molecule has 57 heavy (non-hydrogen) atoms. The highest BCUT2D eigenvalue weighted by Crippen LogP contribution is 2.39. The summed E-state index contributed by atoms with van der Waals surface area (Å²) in [5, 5.41) is 15.5. The number of urea groups is 1. The number of hydrogen-bond acceptors (Lipinski definition) is 9. The van der Waals surface area contributed by atoms with E-state index in [4.69, 9.17) is 14.2 Å². The second-order valence-corrected chi connectivity index (χ2v) is 14.3. The molecule has 11 heteroatoms.